The number of aromatic amines is 1. The van der Waals surface area contributed by atoms with Crippen molar-refractivity contribution in [2.75, 3.05) is 24.7 Å². The normalized spacial score (nSPS) is 18.7. The molecule has 1 aliphatic rings. The first-order valence-corrected chi connectivity index (χ1v) is 8.71. The molecule has 4 heterocycles. The zero-order valence-corrected chi connectivity index (χ0v) is 14.4. The number of hydrogen-bond donors (Lipinski definition) is 1. The van der Waals surface area contributed by atoms with Crippen LogP contribution in [0, 0.1) is 6.92 Å². The van der Waals surface area contributed by atoms with Gasteiger partial charge in [-0.25, -0.2) is 4.98 Å². The number of anilines is 1. The van der Waals surface area contributed by atoms with Gasteiger partial charge in [0, 0.05) is 29.2 Å². The van der Waals surface area contributed by atoms with Crippen LogP contribution in [0.3, 0.4) is 0 Å². The van der Waals surface area contributed by atoms with E-state index in [1.807, 2.05) is 13.1 Å². The van der Waals surface area contributed by atoms with Crippen LogP contribution < -0.4 is 4.90 Å². The van der Waals surface area contributed by atoms with Gasteiger partial charge in [-0.15, -0.1) is 11.3 Å². The molecule has 3 aromatic heterocycles. The van der Waals surface area contributed by atoms with E-state index in [0.717, 1.165) is 39.4 Å². The van der Waals surface area contributed by atoms with Gasteiger partial charge in [0.05, 0.1) is 35.2 Å². The van der Waals surface area contributed by atoms with Crippen LogP contribution in [-0.2, 0) is 4.74 Å². The highest BCUT2D eigenvalue weighted by Gasteiger charge is 2.25. The predicted octanol–water partition coefficient (Wildman–Crippen LogP) is 3.27. The Hall–Kier alpha value is -1.70. The minimum Gasteiger partial charge on any atom is -0.377 e. The largest absolute Gasteiger partial charge is 0.377 e. The van der Waals surface area contributed by atoms with Gasteiger partial charge in [0.1, 0.15) is 0 Å². The highest BCUT2D eigenvalue weighted by atomic mass is 35.5. The number of morpholine rings is 1. The number of aryl methyl sites for hydroxylation is 1. The predicted molar refractivity (Wildman–Crippen MR) is 92.4 cm³/mol. The second-order valence-corrected chi connectivity index (χ2v) is 6.86. The second kappa shape index (κ2) is 5.74. The van der Waals surface area contributed by atoms with Gasteiger partial charge in [0.15, 0.2) is 5.82 Å². The van der Waals surface area contributed by atoms with Crippen molar-refractivity contribution in [3.05, 3.63) is 22.6 Å². The van der Waals surface area contributed by atoms with Crippen LogP contribution in [-0.4, -0.2) is 46.0 Å². The number of H-pyrrole nitrogens is 1. The second-order valence-electron chi connectivity index (χ2n) is 5.65. The van der Waals surface area contributed by atoms with E-state index >= 15 is 0 Å². The number of halogens is 1. The molecular weight excluding hydrogens is 334 g/mol. The number of aromatic nitrogens is 4. The molecule has 0 saturated carbocycles. The first-order chi connectivity index (χ1) is 11.1. The molecular formula is C15H16ClN5OS. The van der Waals surface area contributed by atoms with Crippen molar-refractivity contribution in [2.24, 2.45) is 0 Å². The molecule has 0 radical (unpaired) electrons. The highest BCUT2D eigenvalue weighted by Crippen LogP contribution is 2.39. The summed E-state index contributed by atoms with van der Waals surface area (Å²) in [5.74, 6) is 0.896. The molecule has 1 aliphatic heterocycles. The van der Waals surface area contributed by atoms with Gasteiger partial charge in [-0.1, -0.05) is 0 Å². The number of fused-ring (bicyclic) bond motifs is 1. The molecule has 4 rings (SSSR count). The molecule has 0 spiro atoms. The topological polar surface area (TPSA) is 66.9 Å². The van der Waals surface area contributed by atoms with Gasteiger partial charge >= 0.3 is 0 Å². The lowest BCUT2D eigenvalue weighted by atomic mass is 10.1. The Morgan fingerprint density at radius 3 is 3.00 bits per heavy atom. The van der Waals surface area contributed by atoms with Crippen LogP contribution in [0.25, 0.3) is 21.3 Å². The van der Waals surface area contributed by atoms with Gasteiger partial charge < -0.3 is 9.64 Å². The smallest absolute Gasteiger partial charge is 0.224 e. The summed E-state index contributed by atoms with van der Waals surface area (Å²) >= 11 is 7.87. The summed E-state index contributed by atoms with van der Waals surface area (Å²) in [6.07, 6.45) is 1.89. The zero-order valence-electron chi connectivity index (χ0n) is 12.8. The fourth-order valence-corrected chi connectivity index (χ4v) is 4.11. The van der Waals surface area contributed by atoms with Crippen molar-refractivity contribution in [1.29, 1.82) is 0 Å². The van der Waals surface area contributed by atoms with E-state index in [1.165, 1.54) is 0 Å². The summed E-state index contributed by atoms with van der Waals surface area (Å²) in [5, 5.41) is 9.47. The monoisotopic (exact) mass is 349 g/mol. The van der Waals surface area contributed by atoms with E-state index in [9.17, 15) is 0 Å². The molecule has 0 unspecified atom stereocenters. The van der Waals surface area contributed by atoms with Crippen LogP contribution in [0.2, 0.25) is 5.28 Å². The van der Waals surface area contributed by atoms with Crippen molar-refractivity contribution >= 4 is 39.0 Å². The van der Waals surface area contributed by atoms with Gasteiger partial charge in [-0.3, -0.25) is 5.10 Å². The Bertz CT molecular complexity index is 861. The molecule has 120 valence electrons. The summed E-state index contributed by atoms with van der Waals surface area (Å²) in [5.41, 5.74) is 3.92. The third-order valence-corrected chi connectivity index (χ3v) is 5.27. The Labute approximate surface area is 142 Å². The Kier molecular flexibility index (Phi) is 3.71. The van der Waals surface area contributed by atoms with Crippen LogP contribution in [0.4, 0.5) is 5.82 Å². The summed E-state index contributed by atoms with van der Waals surface area (Å²) in [4.78, 5) is 11.2. The minimum atomic E-state index is 0.263. The highest BCUT2D eigenvalue weighted by molar-refractivity contribution is 7.18. The van der Waals surface area contributed by atoms with E-state index in [4.69, 9.17) is 16.3 Å². The average Bonchev–Trinajstić information content (AvgIpc) is 3.13. The summed E-state index contributed by atoms with van der Waals surface area (Å²) in [7, 11) is 0. The standard InChI is InChI=1S/C15H16ClN5OS/c1-8-6-22-4-3-21(8)14-13-12(18-15(16)19-14)11(7-23-13)10-5-17-20-9(10)2/h5,7-8H,3-4,6H2,1-2H3,(H,17,20)/t8-/m1/s1. The third-order valence-electron chi connectivity index (χ3n) is 4.13. The SMILES string of the molecule is Cc1n[nH]cc1-c1csc2c(N3CCOC[C@H]3C)nc(Cl)nc12. The number of ether oxygens (including phenoxy) is 1. The minimum absolute atomic E-state index is 0.263. The van der Waals surface area contributed by atoms with Crippen LogP contribution >= 0.6 is 22.9 Å². The summed E-state index contributed by atoms with van der Waals surface area (Å²) in [6.45, 7) is 6.31. The molecule has 0 bridgehead atoms. The molecule has 1 atom stereocenters. The van der Waals surface area contributed by atoms with E-state index < -0.39 is 0 Å². The maximum Gasteiger partial charge on any atom is 0.224 e. The number of nitrogens with zero attached hydrogens (tertiary/aromatic N) is 4. The zero-order chi connectivity index (χ0) is 16.0. The molecule has 0 aromatic carbocycles. The van der Waals surface area contributed by atoms with Gasteiger partial charge in [0.2, 0.25) is 5.28 Å². The lowest BCUT2D eigenvalue weighted by Gasteiger charge is -2.34. The fraction of sp³-hybridized carbons (Fsp3) is 0.400. The molecule has 0 amide bonds. The van der Waals surface area contributed by atoms with E-state index in [-0.39, 0.29) is 11.3 Å². The van der Waals surface area contributed by atoms with Crippen molar-refractivity contribution in [3.63, 3.8) is 0 Å². The molecule has 1 fully saturated rings. The van der Waals surface area contributed by atoms with E-state index in [1.54, 1.807) is 11.3 Å². The number of nitrogens with one attached hydrogen (secondary N) is 1. The molecule has 8 heteroatoms. The molecule has 6 nitrogen and oxygen atoms in total. The molecule has 1 N–H and O–H groups in total. The summed E-state index contributed by atoms with van der Waals surface area (Å²) < 4.78 is 6.58. The van der Waals surface area contributed by atoms with Gasteiger partial charge in [0.25, 0.3) is 0 Å². The maximum absolute atomic E-state index is 6.22. The lowest BCUT2D eigenvalue weighted by Crippen LogP contribution is -2.44. The quantitative estimate of drug-likeness (QED) is 0.719. The van der Waals surface area contributed by atoms with Crippen molar-refractivity contribution in [2.45, 2.75) is 19.9 Å². The van der Waals surface area contributed by atoms with Crippen LogP contribution in [0.1, 0.15) is 12.6 Å². The molecule has 0 aliphatic carbocycles. The molecule has 1 saturated heterocycles. The third kappa shape index (κ3) is 2.49. The first kappa shape index (κ1) is 14.9. The maximum atomic E-state index is 6.22. The van der Waals surface area contributed by atoms with Crippen molar-refractivity contribution in [3.8, 4) is 11.1 Å². The number of thiophene rings is 1. The van der Waals surface area contributed by atoms with E-state index in [2.05, 4.69) is 37.4 Å². The fourth-order valence-electron chi connectivity index (χ4n) is 2.94. The Morgan fingerprint density at radius 1 is 1.39 bits per heavy atom. The van der Waals surface area contributed by atoms with Gasteiger partial charge in [-0.05, 0) is 25.4 Å². The number of rotatable bonds is 2. The van der Waals surface area contributed by atoms with Crippen LogP contribution in [0.5, 0.6) is 0 Å². The lowest BCUT2D eigenvalue weighted by molar-refractivity contribution is 0.0987. The Balaban J connectivity index is 1.90. The van der Waals surface area contributed by atoms with E-state index in [0.29, 0.717) is 13.2 Å². The van der Waals surface area contributed by atoms with Gasteiger partial charge in [-0.2, -0.15) is 10.1 Å². The molecule has 3 aromatic rings. The Morgan fingerprint density at radius 2 is 2.26 bits per heavy atom. The number of hydrogen-bond acceptors (Lipinski definition) is 6. The molecule has 23 heavy (non-hydrogen) atoms. The van der Waals surface area contributed by atoms with Crippen molar-refractivity contribution < 1.29 is 4.74 Å². The summed E-state index contributed by atoms with van der Waals surface area (Å²) in [6, 6.07) is 0.263. The average molecular weight is 350 g/mol. The first-order valence-electron chi connectivity index (χ1n) is 7.45. The van der Waals surface area contributed by atoms with Crippen molar-refractivity contribution in [1.82, 2.24) is 20.2 Å². The van der Waals surface area contributed by atoms with Crippen LogP contribution in [0.15, 0.2) is 11.6 Å².